The smallest absolute Gasteiger partial charge is 0.0566 e. The van der Waals surface area contributed by atoms with Crippen LogP contribution in [-0.2, 0) is 0 Å². The lowest BCUT2D eigenvalue weighted by Crippen LogP contribution is -1.83. The molecule has 0 spiro atoms. The number of hydrogen-bond donors (Lipinski definition) is 1. The van der Waals surface area contributed by atoms with Crippen LogP contribution in [0.15, 0.2) is 48.1 Å². The van der Waals surface area contributed by atoms with Crippen molar-refractivity contribution in [3.05, 3.63) is 48.5 Å². The van der Waals surface area contributed by atoms with Crippen LogP contribution in [0.25, 0.3) is 0 Å². The minimum Gasteiger partial charge on any atom is -0.367 e. The van der Waals surface area contributed by atoms with Crippen molar-refractivity contribution in [1.82, 2.24) is 9.66 Å². The number of aromatic amines is 1. The standard InChI is InChI=1S/C9H9N3/c1-2-6-12(5-1)11-8-9-3-4-10-7-9/h1-8,10H/b11-8+. The van der Waals surface area contributed by atoms with Crippen LogP contribution in [0.4, 0.5) is 0 Å². The van der Waals surface area contributed by atoms with Gasteiger partial charge in [0.15, 0.2) is 0 Å². The van der Waals surface area contributed by atoms with E-state index in [1.165, 1.54) is 0 Å². The molecule has 2 rings (SSSR count). The third-order valence-electron chi connectivity index (χ3n) is 1.55. The summed E-state index contributed by atoms with van der Waals surface area (Å²) < 4.78 is 1.76. The molecule has 2 heterocycles. The van der Waals surface area contributed by atoms with E-state index in [4.69, 9.17) is 0 Å². The molecule has 0 unspecified atom stereocenters. The highest BCUT2D eigenvalue weighted by Crippen LogP contribution is 1.93. The van der Waals surface area contributed by atoms with Gasteiger partial charge in [0.25, 0.3) is 0 Å². The van der Waals surface area contributed by atoms with Gasteiger partial charge in [-0.3, -0.25) is 0 Å². The summed E-state index contributed by atoms with van der Waals surface area (Å²) in [6.07, 6.45) is 9.35. The van der Waals surface area contributed by atoms with Crippen molar-refractivity contribution in [2.45, 2.75) is 0 Å². The fraction of sp³-hybridized carbons (Fsp3) is 0. The van der Waals surface area contributed by atoms with Crippen molar-refractivity contribution < 1.29 is 0 Å². The van der Waals surface area contributed by atoms with Gasteiger partial charge < -0.3 is 4.98 Å². The lowest BCUT2D eigenvalue weighted by atomic mass is 10.4. The van der Waals surface area contributed by atoms with Crippen LogP contribution >= 0.6 is 0 Å². The number of hydrogen-bond acceptors (Lipinski definition) is 1. The third-order valence-corrected chi connectivity index (χ3v) is 1.55. The molecule has 0 radical (unpaired) electrons. The zero-order valence-electron chi connectivity index (χ0n) is 6.51. The SMILES string of the molecule is C(=N\n1cccc1)/c1cc[nH]c1. The molecule has 0 bridgehead atoms. The second-order valence-corrected chi connectivity index (χ2v) is 2.45. The Morgan fingerprint density at radius 3 is 2.83 bits per heavy atom. The molecule has 2 aromatic heterocycles. The first-order chi connectivity index (χ1) is 5.95. The molecular formula is C9H9N3. The average molecular weight is 159 g/mol. The van der Waals surface area contributed by atoms with Gasteiger partial charge in [-0.2, -0.15) is 5.10 Å². The number of nitrogens with one attached hydrogen (secondary N) is 1. The molecule has 2 aromatic rings. The van der Waals surface area contributed by atoms with Crippen LogP contribution in [-0.4, -0.2) is 15.9 Å². The second-order valence-electron chi connectivity index (χ2n) is 2.45. The number of aromatic nitrogens is 2. The topological polar surface area (TPSA) is 33.1 Å². The Bertz CT molecular complexity index is 307. The van der Waals surface area contributed by atoms with Gasteiger partial charge in [-0.05, 0) is 18.2 Å². The molecule has 12 heavy (non-hydrogen) atoms. The Balaban J connectivity index is 2.14. The van der Waals surface area contributed by atoms with E-state index < -0.39 is 0 Å². The summed E-state index contributed by atoms with van der Waals surface area (Å²) >= 11 is 0. The lowest BCUT2D eigenvalue weighted by molar-refractivity contribution is 0.894. The molecular weight excluding hydrogens is 150 g/mol. The Labute approximate surface area is 70.3 Å². The van der Waals surface area contributed by atoms with Gasteiger partial charge >= 0.3 is 0 Å². The van der Waals surface area contributed by atoms with Gasteiger partial charge in [-0.15, -0.1) is 0 Å². The zero-order chi connectivity index (χ0) is 8.23. The summed E-state index contributed by atoms with van der Waals surface area (Å²) in [4.78, 5) is 2.96. The van der Waals surface area contributed by atoms with Gasteiger partial charge in [-0.1, -0.05) is 0 Å². The van der Waals surface area contributed by atoms with E-state index in [1.807, 2.05) is 43.0 Å². The number of H-pyrrole nitrogens is 1. The van der Waals surface area contributed by atoms with E-state index in [0.29, 0.717) is 0 Å². The van der Waals surface area contributed by atoms with Gasteiger partial charge in [0, 0.05) is 30.4 Å². The van der Waals surface area contributed by atoms with Crippen molar-refractivity contribution in [3.63, 3.8) is 0 Å². The van der Waals surface area contributed by atoms with Crippen LogP contribution in [0, 0.1) is 0 Å². The first-order valence-electron chi connectivity index (χ1n) is 3.75. The van der Waals surface area contributed by atoms with Crippen molar-refractivity contribution in [2.75, 3.05) is 0 Å². The van der Waals surface area contributed by atoms with Gasteiger partial charge in [0.2, 0.25) is 0 Å². The molecule has 0 aliphatic carbocycles. The van der Waals surface area contributed by atoms with Gasteiger partial charge in [0.05, 0.1) is 6.21 Å². The largest absolute Gasteiger partial charge is 0.367 e. The van der Waals surface area contributed by atoms with Crippen LogP contribution in [0.5, 0.6) is 0 Å². The summed E-state index contributed by atoms with van der Waals surface area (Å²) in [5.74, 6) is 0. The maximum atomic E-state index is 4.18. The normalized spacial score (nSPS) is 11.0. The fourth-order valence-corrected chi connectivity index (χ4v) is 0.953. The Morgan fingerprint density at radius 1 is 1.33 bits per heavy atom. The van der Waals surface area contributed by atoms with Crippen LogP contribution in [0.1, 0.15) is 5.56 Å². The first kappa shape index (κ1) is 6.91. The fourth-order valence-electron chi connectivity index (χ4n) is 0.953. The van der Waals surface area contributed by atoms with Crippen molar-refractivity contribution in [1.29, 1.82) is 0 Å². The zero-order valence-corrected chi connectivity index (χ0v) is 6.51. The summed E-state index contributed by atoms with van der Waals surface area (Å²) in [5, 5.41) is 4.18. The molecule has 3 nitrogen and oxygen atoms in total. The molecule has 0 fully saturated rings. The molecule has 3 heteroatoms. The predicted molar refractivity (Wildman–Crippen MR) is 48.2 cm³/mol. The highest BCUT2D eigenvalue weighted by molar-refractivity contribution is 5.78. The van der Waals surface area contributed by atoms with Crippen molar-refractivity contribution in [2.24, 2.45) is 5.10 Å². The Morgan fingerprint density at radius 2 is 2.17 bits per heavy atom. The maximum Gasteiger partial charge on any atom is 0.0566 e. The molecule has 0 aromatic carbocycles. The van der Waals surface area contributed by atoms with Gasteiger partial charge in [-0.25, -0.2) is 4.68 Å². The summed E-state index contributed by atoms with van der Waals surface area (Å²) in [7, 11) is 0. The van der Waals surface area contributed by atoms with E-state index in [2.05, 4.69) is 10.1 Å². The Kier molecular flexibility index (Phi) is 1.78. The lowest BCUT2D eigenvalue weighted by Gasteiger charge is -1.88. The van der Waals surface area contributed by atoms with Crippen molar-refractivity contribution in [3.8, 4) is 0 Å². The molecule has 0 aliphatic heterocycles. The quantitative estimate of drug-likeness (QED) is 0.647. The average Bonchev–Trinajstić information content (AvgIpc) is 2.74. The van der Waals surface area contributed by atoms with Gasteiger partial charge in [0.1, 0.15) is 0 Å². The third kappa shape index (κ3) is 1.45. The van der Waals surface area contributed by atoms with E-state index in [-0.39, 0.29) is 0 Å². The van der Waals surface area contributed by atoms with Crippen LogP contribution < -0.4 is 0 Å². The maximum absolute atomic E-state index is 4.18. The van der Waals surface area contributed by atoms with Crippen molar-refractivity contribution >= 4 is 6.21 Å². The van der Waals surface area contributed by atoms with E-state index in [9.17, 15) is 0 Å². The predicted octanol–water partition coefficient (Wildman–Crippen LogP) is 1.70. The summed E-state index contributed by atoms with van der Waals surface area (Å²) in [6, 6.07) is 5.84. The second kappa shape index (κ2) is 3.09. The molecule has 0 aliphatic rings. The van der Waals surface area contributed by atoms with Crippen LogP contribution in [0.3, 0.4) is 0 Å². The van der Waals surface area contributed by atoms with E-state index in [1.54, 1.807) is 10.9 Å². The molecule has 0 amide bonds. The molecule has 1 N–H and O–H groups in total. The number of nitrogens with zero attached hydrogens (tertiary/aromatic N) is 2. The summed E-state index contributed by atoms with van der Waals surface area (Å²) in [5.41, 5.74) is 1.07. The minimum atomic E-state index is 1.07. The highest BCUT2D eigenvalue weighted by Gasteiger charge is 1.84. The van der Waals surface area contributed by atoms with E-state index in [0.717, 1.165) is 5.56 Å². The van der Waals surface area contributed by atoms with Crippen LogP contribution in [0.2, 0.25) is 0 Å². The number of rotatable bonds is 2. The molecule has 0 saturated heterocycles. The molecule has 0 atom stereocenters. The highest BCUT2D eigenvalue weighted by atomic mass is 15.3. The molecule has 60 valence electrons. The first-order valence-corrected chi connectivity index (χ1v) is 3.75. The molecule has 0 saturated carbocycles. The summed E-state index contributed by atoms with van der Waals surface area (Å²) in [6.45, 7) is 0. The van der Waals surface area contributed by atoms with E-state index >= 15 is 0 Å². The monoisotopic (exact) mass is 159 g/mol. The Hall–Kier alpha value is -1.77. The minimum absolute atomic E-state index is 1.07.